The van der Waals surface area contributed by atoms with Gasteiger partial charge in [0.2, 0.25) is 0 Å². The fourth-order valence-corrected chi connectivity index (χ4v) is 0.330. The van der Waals surface area contributed by atoms with Crippen LogP contribution in [0.25, 0.3) is 0 Å². The molecule has 4 nitrogen and oxygen atoms in total. The summed E-state index contributed by atoms with van der Waals surface area (Å²) >= 11 is 0. The van der Waals surface area contributed by atoms with E-state index in [-0.39, 0.29) is 6.61 Å². The highest BCUT2D eigenvalue weighted by Crippen LogP contribution is 1.91. The minimum atomic E-state index is -1.77. The number of carbonyl (C=O) groups excluding carboxylic acids is 1. The van der Waals surface area contributed by atoms with Crippen LogP contribution in [0.15, 0.2) is 0 Å². The molecule has 0 bridgehead atoms. The van der Waals surface area contributed by atoms with Crippen LogP contribution in [0, 0.1) is 0 Å². The molecule has 0 amide bonds. The number of carbonyl (C=O) groups is 2. The van der Waals surface area contributed by atoms with Gasteiger partial charge in [0, 0.05) is 2.74 Å². The SMILES string of the molecule is [2H][C@@H](C(=O)O)[C@@H]([2H])C(=O)OCC. The van der Waals surface area contributed by atoms with Gasteiger partial charge in [-0.1, -0.05) is 0 Å². The summed E-state index contributed by atoms with van der Waals surface area (Å²) in [5.74, 6) is -2.47. The summed E-state index contributed by atoms with van der Waals surface area (Å²) in [6.45, 7) is 1.63. The predicted molar refractivity (Wildman–Crippen MR) is 33.5 cm³/mol. The number of aliphatic carboxylic acids is 1. The van der Waals surface area contributed by atoms with Crippen LogP contribution in [-0.2, 0) is 14.3 Å². The number of carboxylic acids is 1. The van der Waals surface area contributed by atoms with Crippen molar-refractivity contribution in [2.45, 2.75) is 19.7 Å². The van der Waals surface area contributed by atoms with Gasteiger partial charge in [0.25, 0.3) is 0 Å². The van der Waals surface area contributed by atoms with Crippen molar-refractivity contribution >= 4 is 11.9 Å². The smallest absolute Gasteiger partial charge is 0.306 e. The molecular formula is C6H10O4. The molecule has 0 unspecified atom stereocenters. The second kappa shape index (κ2) is 4.78. The largest absolute Gasteiger partial charge is 0.481 e. The van der Waals surface area contributed by atoms with Gasteiger partial charge in [0.1, 0.15) is 0 Å². The number of hydrogen-bond acceptors (Lipinski definition) is 3. The Balaban J connectivity index is 4.09. The zero-order valence-corrected chi connectivity index (χ0v) is 5.53. The first-order valence-electron chi connectivity index (χ1n) is 3.90. The summed E-state index contributed by atoms with van der Waals surface area (Å²) in [4.78, 5) is 20.8. The van der Waals surface area contributed by atoms with E-state index in [1.54, 1.807) is 6.92 Å². The summed E-state index contributed by atoms with van der Waals surface area (Å²) in [5, 5.41) is 8.25. The number of esters is 1. The van der Waals surface area contributed by atoms with E-state index in [4.69, 9.17) is 7.85 Å². The minimum Gasteiger partial charge on any atom is -0.481 e. The molecule has 10 heavy (non-hydrogen) atoms. The highest BCUT2D eigenvalue weighted by molar-refractivity contribution is 5.76. The third-order valence-corrected chi connectivity index (χ3v) is 0.649. The van der Waals surface area contributed by atoms with E-state index in [9.17, 15) is 9.59 Å². The lowest BCUT2D eigenvalue weighted by Gasteiger charge is -1.97. The van der Waals surface area contributed by atoms with E-state index in [0.717, 1.165) is 0 Å². The van der Waals surface area contributed by atoms with E-state index >= 15 is 0 Å². The molecule has 0 aromatic carbocycles. The van der Waals surface area contributed by atoms with E-state index in [2.05, 4.69) is 4.74 Å². The average Bonchev–Trinajstić information content (AvgIpc) is 2.02. The standard InChI is InChI=1S/C6H10O4/c1-2-10-6(9)4-3-5(7)8/h2-4H2,1H3,(H,7,8)/i3D,4D/t3-,4-/m1/s1. The Kier molecular flexibility index (Phi) is 2.73. The average molecular weight is 148 g/mol. The Morgan fingerprint density at radius 1 is 1.60 bits per heavy atom. The highest BCUT2D eigenvalue weighted by Gasteiger charge is 2.04. The molecule has 0 spiro atoms. The molecule has 4 heteroatoms. The molecule has 0 aromatic heterocycles. The van der Waals surface area contributed by atoms with Gasteiger partial charge in [-0.05, 0) is 6.92 Å². The Morgan fingerprint density at radius 2 is 2.20 bits per heavy atom. The lowest BCUT2D eigenvalue weighted by Crippen LogP contribution is -2.06. The van der Waals surface area contributed by atoms with Crippen molar-refractivity contribution in [1.29, 1.82) is 0 Å². The molecule has 0 radical (unpaired) electrons. The fourth-order valence-electron chi connectivity index (χ4n) is 0.330. The third-order valence-electron chi connectivity index (χ3n) is 0.649. The van der Waals surface area contributed by atoms with Crippen LogP contribution in [0.1, 0.15) is 22.5 Å². The van der Waals surface area contributed by atoms with Crippen LogP contribution >= 0.6 is 0 Å². The Labute approximate surface area is 61.6 Å². The normalized spacial score (nSPS) is 18.1. The molecule has 1 N–H and O–H groups in total. The zero-order chi connectivity index (χ0) is 9.72. The third kappa shape index (κ3) is 5.08. The molecule has 0 saturated carbocycles. The first kappa shape index (κ1) is 5.70. The Hall–Kier alpha value is -1.06. The molecule has 58 valence electrons. The van der Waals surface area contributed by atoms with Crippen LogP contribution in [0.3, 0.4) is 0 Å². The van der Waals surface area contributed by atoms with Crippen molar-refractivity contribution in [3.05, 3.63) is 0 Å². The Bertz CT molecular complexity index is 182. The van der Waals surface area contributed by atoms with Crippen molar-refractivity contribution < 1.29 is 22.2 Å². The molecule has 0 saturated heterocycles. The maximum Gasteiger partial charge on any atom is 0.306 e. The van der Waals surface area contributed by atoms with Crippen LogP contribution in [0.4, 0.5) is 0 Å². The van der Waals surface area contributed by atoms with Crippen LogP contribution < -0.4 is 0 Å². The van der Waals surface area contributed by atoms with E-state index in [1.165, 1.54) is 0 Å². The van der Waals surface area contributed by atoms with Crippen molar-refractivity contribution in [2.75, 3.05) is 6.61 Å². The minimum absolute atomic E-state index is 0.0839. The Morgan fingerprint density at radius 3 is 2.60 bits per heavy atom. The number of rotatable bonds is 4. The summed E-state index contributed by atoms with van der Waals surface area (Å²) in [7, 11) is 0. The molecule has 0 fully saturated rings. The lowest BCUT2D eigenvalue weighted by atomic mass is 10.3. The molecule has 0 aliphatic heterocycles. The summed E-state index contributed by atoms with van der Waals surface area (Å²) in [6, 6.07) is 0. The van der Waals surface area contributed by atoms with Crippen molar-refractivity contribution in [2.24, 2.45) is 0 Å². The fraction of sp³-hybridized carbons (Fsp3) is 0.667. The summed E-state index contributed by atoms with van der Waals surface area (Å²) < 4.78 is 18.2. The predicted octanol–water partition coefficient (Wildman–Crippen LogP) is 0.414. The molecule has 0 rings (SSSR count). The van der Waals surface area contributed by atoms with Crippen LogP contribution in [0.2, 0.25) is 0 Å². The zero-order valence-electron chi connectivity index (χ0n) is 7.53. The second-order valence-electron chi connectivity index (χ2n) is 1.42. The number of carboxylic acid groups (broad SMARTS) is 1. The van der Waals surface area contributed by atoms with Gasteiger partial charge >= 0.3 is 11.9 Å². The molecule has 0 heterocycles. The van der Waals surface area contributed by atoms with Gasteiger partial charge in [-0.2, -0.15) is 0 Å². The summed E-state index contributed by atoms with van der Waals surface area (Å²) in [5.41, 5.74) is 0. The maximum absolute atomic E-state index is 10.7. The molecule has 0 aromatic rings. The monoisotopic (exact) mass is 148 g/mol. The van der Waals surface area contributed by atoms with Crippen LogP contribution in [0.5, 0.6) is 0 Å². The van der Waals surface area contributed by atoms with Crippen LogP contribution in [-0.4, -0.2) is 23.7 Å². The quantitative estimate of drug-likeness (QED) is 0.586. The number of hydrogen-bond donors (Lipinski definition) is 1. The van der Waals surface area contributed by atoms with Gasteiger partial charge in [-0.15, -0.1) is 0 Å². The van der Waals surface area contributed by atoms with Crippen molar-refractivity contribution in [3.63, 3.8) is 0 Å². The molecular weight excluding hydrogens is 136 g/mol. The van der Waals surface area contributed by atoms with E-state index in [1.807, 2.05) is 0 Å². The van der Waals surface area contributed by atoms with E-state index < -0.39 is 24.7 Å². The first-order valence-corrected chi connectivity index (χ1v) is 2.74. The molecule has 2 atom stereocenters. The first-order chi connectivity index (χ1) is 5.50. The second-order valence-corrected chi connectivity index (χ2v) is 1.42. The van der Waals surface area contributed by atoms with Gasteiger partial charge in [0.15, 0.2) is 0 Å². The van der Waals surface area contributed by atoms with Gasteiger partial charge in [-0.25, -0.2) is 0 Å². The maximum atomic E-state index is 10.7. The number of ether oxygens (including phenoxy) is 1. The van der Waals surface area contributed by atoms with Crippen molar-refractivity contribution in [3.8, 4) is 0 Å². The topological polar surface area (TPSA) is 63.6 Å². The lowest BCUT2D eigenvalue weighted by molar-refractivity contribution is -0.147. The summed E-state index contributed by atoms with van der Waals surface area (Å²) in [6.07, 6.45) is -3.44. The van der Waals surface area contributed by atoms with E-state index in [0.29, 0.717) is 0 Å². The van der Waals surface area contributed by atoms with Gasteiger partial charge < -0.3 is 9.84 Å². The highest BCUT2D eigenvalue weighted by atomic mass is 16.5. The molecule has 0 aliphatic rings. The molecule has 0 aliphatic carbocycles. The van der Waals surface area contributed by atoms with Gasteiger partial charge in [-0.3, -0.25) is 9.59 Å². The van der Waals surface area contributed by atoms with Gasteiger partial charge in [0.05, 0.1) is 19.4 Å². The van der Waals surface area contributed by atoms with Crippen molar-refractivity contribution in [1.82, 2.24) is 0 Å².